The van der Waals surface area contributed by atoms with Crippen LogP contribution in [0.3, 0.4) is 0 Å². The lowest BCUT2D eigenvalue weighted by Crippen LogP contribution is -2.17. The van der Waals surface area contributed by atoms with Gasteiger partial charge >= 0.3 is 6.36 Å². The fourth-order valence-corrected chi connectivity index (χ4v) is 0.610. The fraction of sp³-hybridized carbons (Fsp3) is 0.600. The topological polar surface area (TPSA) is 24.8 Å². The van der Waals surface area contributed by atoms with Crippen molar-refractivity contribution in [2.45, 2.75) is 12.8 Å². The van der Waals surface area contributed by atoms with Gasteiger partial charge in [0.05, 0.1) is 6.42 Å². The van der Waals surface area contributed by atoms with Crippen LogP contribution < -0.4 is 0 Å². The molecule has 0 aromatic rings. The maximum absolute atomic E-state index is 11.5. The van der Waals surface area contributed by atoms with E-state index >= 15 is 0 Å². The van der Waals surface area contributed by atoms with E-state index in [1.165, 1.54) is 7.05 Å². The average molecular weight is 166 g/mol. The molecule has 1 rings (SSSR count). The maximum Gasteiger partial charge on any atom is 0.574 e. The first-order valence-corrected chi connectivity index (χ1v) is 2.78. The number of hydrazone groups is 1. The molecular weight excluding hydrogens is 161 g/mol. The number of nitrogens with zero attached hydrogens (tertiary/aromatic N) is 2. The Morgan fingerprint density at radius 3 is 2.64 bits per heavy atom. The summed E-state index contributed by atoms with van der Waals surface area (Å²) in [5.74, 6) is -0.375. The molecular formula is C5H5F3N2O. The van der Waals surface area contributed by atoms with Crippen molar-refractivity contribution in [2.75, 3.05) is 7.05 Å². The summed E-state index contributed by atoms with van der Waals surface area (Å²) in [5, 5.41) is 4.52. The molecule has 0 saturated heterocycles. The van der Waals surface area contributed by atoms with Crippen molar-refractivity contribution in [3.8, 4) is 0 Å². The second-order valence-electron chi connectivity index (χ2n) is 1.90. The Morgan fingerprint density at radius 1 is 1.64 bits per heavy atom. The highest BCUT2D eigenvalue weighted by molar-refractivity contribution is 5.78. The lowest BCUT2D eigenvalue weighted by Gasteiger charge is -2.06. The highest BCUT2D eigenvalue weighted by Gasteiger charge is 2.34. The van der Waals surface area contributed by atoms with Crippen molar-refractivity contribution in [1.29, 1.82) is 0 Å². The second kappa shape index (κ2) is 2.60. The van der Waals surface area contributed by atoms with Crippen molar-refractivity contribution in [3.63, 3.8) is 0 Å². The van der Waals surface area contributed by atoms with Gasteiger partial charge < -0.3 is 4.74 Å². The normalized spacial score (nSPS) is 18.5. The van der Waals surface area contributed by atoms with Crippen LogP contribution in [-0.2, 0) is 4.74 Å². The smallest absolute Gasteiger partial charge is 0.390 e. The van der Waals surface area contributed by atoms with Crippen LogP contribution in [0.1, 0.15) is 6.42 Å². The van der Waals surface area contributed by atoms with E-state index < -0.39 is 6.36 Å². The summed E-state index contributed by atoms with van der Waals surface area (Å²) in [4.78, 5) is 0. The molecule has 11 heavy (non-hydrogen) atoms. The molecule has 1 aliphatic heterocycles. The van der Waals surface area contributed by atoms with Crippen LogP contribution >= 0.6 is 0 Å². The largest absolute Gasteiger partial charge is 0.574 e. The molecule has 6 heteroatoms. The Labute approximate surface area is 61.4 Å². The molecule has 0 fully saturated rings. The van der Waals surface area contributed by atoms with E-state index in [1.807, 2.05) is 0 Å². The highest BCUT2D eigenvalue weighted by Crippen LogP contribution is 2.20. The SMILES string of the molecule is CN1[C]CC(OC(F)(F)F)=N1. The first-order chi connectivity index (χ1) is 4.97. The molecule has 1 heterocycles. The minimum Gasteiger partial charge on any atom is -0.390 e. The van der Waals surface area contributed by atoms with Crippen LogP contribution in [0.4, 0.5) is 13.2 Å². The Kier molecular flexibility index (Phi) is 1.92. The molecule has 0 N–H and O–H groups in total. The van der Waals surface area contributed by atoms with Gasteiger partial charge in [-0.25, -0.2) is 0 Å². The van der Waals surface area contributed by atoms with E-state index in [1.54, 1.807) is 0 Å². The van der Waals surface area contributed by atoms with Crippen molar-refractivity contribution < 1.29 is 17.9 Å². The fourth-order valence-electron chi connectivity index (χ4n) is 0.610. The van der Waals surface area contributed by atoms with E-state index in [0.29, 0.717) is 0 Å². The van der Waals surface area contributed by atoms with Gasteiger partial charge in [0.25, 0.3) is 0 Å². The minimum absolute atomic E-state index is 0.0317. The van der Waals surface area contributed by atoms with E-state index in [9.17, 15) is 13.2 Å². The quantitative estimate of drug-likeness (QED) is 0.540. The van der Waals surface area contributed by atoms with Crippen molar-refractivity contribution >= 4 is 5.90 Å². The number of halogens is 3. The monoisotopic (exact) mass is 166 g/mol. The molecule has 0 unspecified atom stereocenters. The molecule has 0 aliphatic carbocycles. The zero-order valence-corrected chi connectivity index (χ0v) is 5.64. The van der Waals surface area contributed by atoms with Crippen LogP contribution in [0.5, 0.6) is 0 Å². The van der Waals surface area contributed by atoms with Gasteiger partial charge in [-0.2, -0.15) is 0 Å². The molecule has 1 aliphatic rings. The second-order valence-corrected chi connectivity index (χ2v) is 1.90. The van der Waals surface area contributed by atoms with Crippen molar-refractivity contribution in [2.24, 2.45) is 5.10 Å². The third-order valence-corrected chi connectivity index (χ3v) is 0.954. The minimum atomic E-state index is -4.65. The van der Waals surface area contributed by atoms with Gasteiger partial charge in [-0.3, -0.25) is 5.01 Å². The number of alkyl halides is 3. The van der Waals surface area contributed by atoms with Gasteiger partial charge in [0.15, 0.2) is 0 Å². The van der Waals surface area contributed by atoms with E-state index in [2.05, 4.69) is 16.4 Å². The molecule has 0 atom stereocenters. The Hall–Kier alpha value is -0.940. The summed E-state index contributed by atoms with van der Waals surface area (Å²) in [5.41, 5.74) is 0. The summed E-state index contributed by atoms with van der Waals surface area (Å²) in [7, 11) is 1.48. The van der Waals surface area contributed by atoms with Crippen LogP contribution in [-0.4, -0.2) is 24.3 Å². The predicted molar refractivity (Wildman–Crippen MR) is 30.2 cm³/mol. The first kappa shape index (κ1) is 8.16. The van der Waals surface area contributed by atoms with Gasteiger partial charge in [-0.15, -0.1) is 18.3 Å². The van der Waals surface area contributed by atoms with Crippen LogP contribution in [0.15, 0.2) is 5.10 Å². The van der Waals surface area contributed by atoms with Crippen LogP contribution in [0, 0.1) is 6.54 Å². The van der Waals surface area contributed by atoms with E-state index in [-0.39, 0.29) is 12.3 Å². The Balaban J connectivity index is 2.45. The van der Waals surface area contributed by atoms with Gasteiger partial charge in [-0.05, 0) is 0 Å². The third kappa shape index (κ3) is 2.65. The lowest BCUT2D eigenvalue weighted by atomic mass is 10.4. The zero-order chi connectivity index (χ0) is 8.48. The number of hydrogen-bond donors (Lipinski definition) is 0. The summed E-state index contributed by atoms with van der Waals surface area (Å²) in [6.45, 7) is 2.50. The first-order valence-electron chi connectivity index (χ1n) is 2.78. The van der Waals surface area contributed by atoms with Gasteiger partial charge in [0.1, 0.15) is 6.54 Å². The summed E-state index contributed by atoms with van der Waals surface area (Å²) in [6.07, 6.45) is -4.68. The maximum atomic E-state index is 11.5. The average Bonchev–Trinajstić information content (AvgIpc) is 2.10. The van der Waals surface area contributed by atoms with Crippen LogP contribution in [0.2, 0.25) is 0 Å². The molecule has 3 nitrogen and oxygen atoms in total. The Morgan fingerprint density at radius 2 is 2.27 bits per heavy atom. The van der Waals surface area contributed by atoms with Gasteiger partial charge in [-0.1, -0.05) is 0 Å². The van der Waals surface area contributed by atoms with E-state index in [4.69, 9.17) is 0 Å². The summed E-state index contributed by atoms with van der Waals surface area (Å²) < 4.78 is 38.0. The number of rotatable bonds is 0. The summed E-state index contributed by atoms with van der Waals surface area (Å²) >= 11 is 0. The highest BCUT2D eigenvalue weighted by atomic mass is 19.4. The number of hydrogen-bond acceptors (Lipinski definition) is 3. The molecule has 0 spiro atoms. The zero-order valence-electron chi connectivity index (χ0n) is 5.64. The molecule has 2 radical (unpaired) electrons. The molecule has 62 valence electrons. The molecule has 0 aromatic carbocycles. The third-order valence-electron chi connectivity index (χ3n) is 0.954. The van der Waals surface area contributed by atoms with Crippen molar-refractivity contribution in [1.82, 2.24) is 5.01 Å². The van der Waals surface area contributed by atoms with Gasteiger partial charge in [0, 0.05) is 7.05 Å². The van der Waals surface area contributed by atoms with Crippen molar-refractivity contribution in [3.05, 3.63) is 6.54 Å². The molecule has 0 saturated carbocycles. The molecule has 0 aromatic heterocycles. The number of ether oxygens (including phenoxy) is 1. The predicted octanol–water partition coefficient (Wildman–Crippen LogP) is 1.21. The van der Waals surface area contributed by atoms with Crippen LogP contribution in [0.25, 0.3) is 0 Å². The molecule has 0 bridgehead atoms. The lowest BCUT2D eigenvalue weighted by molar-refractivity contribution is -0.284. The Bertz CT molecular complexity index is 177. The van der Waals surface area contributed by atoms with E-state index in [0.717, 1.165) is 5.01 Å². The van der Waals surface area contributed by atoms with Gasteiger partial charge in [0.2, 0.25) is 5.90 Å². The standard InChI is InChI=1S/C5H5F3N2O/c1-10-3-2-4(9-10)11-5(6,7)8/h2H2,1H3. The summed E-state index contributed by atoms with van der Waals surface area (Å²) in [6, 6.07) is 0. The molecule has 0 amide bonds.